The minimum absolute atomic E-state index is 0.187. The summed E-state index contributed by atoms with van der Waals surface area (Å²) in [6.45, 7) is 1.33. The van der Waals surface area contributed by atoms with E-state index in [2.05, 4.69) is 5.32 Å². The van der Waals surface area contributed by atoms with Crippen LogP contribution in [0.5, 0.6) is 0 Å². The van der Waals surface area contributed by atoms with Crippen LogP contribution in [0.4, 0.5) is 8.78 Å². The highest BCUT2D eigenvalue weighted by Gasteiger charge is 2.07. The lowest BCUT2D eigenvalue weighted by Gasteiger charge is -2.01. The van der Waals surface area contributed by atoms with E-state index in [1.54, 1.807) is 18.4 Å². The van der Waals surface area contributed by atoms with Crippen molar-refractivity contribution in [2.45, 2.75) is 24.5 Å². The van der Waals surface area contributed by atoms with E-state index in [0.29, 0.717) is 29.8 Å². The van der Waals surface area contributed by atoms with Crippen molar-refractivity contribution in [2.24, 2.45) is 0 Å². The van der Waals surface area contributed by atoms with Gasteiger partial charge in [0, 0.05) is 22.8 Å². The minimum Gasteiger partial charge on any atom is -0.464 e. The summed E-state index contributed by atoms with van der Waals surface area (Å²) >= 11 is 0.552. The van der Waals surface area contributed by atoms with Crippen LogP contribution in [0.2, 0.25) is 0 Å². The molecule has 1 aromatic heterocycles. The van der Waals surface area contributed by atoms with Gasteiger partial charge in [-0.15, -0.1) is 0 Å². The van der Waals surface area contributed by atoms with Gasteiger partial charge in [-0.2, -0.15) is 8.78 Å². The summed E-state index contributed by atoms with van der Waals surface area (Å²) < 4.78 is 40.1. The molecular weight excluding hydrogens is 280 g/mol. The second-order valence-electron chi connectivity index (χ2n) is 3.75. The summed E-state index contributed by atoms with van der Waals surface area (Å²) in [7, 11) is -0.754. The highest BCUT2D eigenvalue weighted by molar-refractivity contribution is 7.98. The van der Waals surface area contributed by atoms with Crippen LogP contribution in [0.15, 0.2) is 16.5 Å². The van der Waals surface area contributed by atoms with Crippen molar-refractivity contribution in [2.75, 3.05) is 18.6 Å². The van der Waals surface area contributed by atoms with Gasteiger partial charge in [-0.3, -0.25) is 4.21 Å². The molecule has 1 N–H and O–H groups in total. The number of halogens is 2. The van der Waals surface area contributed by atoms with E-state index >= 15 is 0 Å². The minimum atomic E-state index is -2.37. The maximum Gasteiger partial charge on any atom is 0.284 e. The Bertz CT molecular complexity index is 372. The highest BCUT2D eigenvalue weighted by atomic mass is 32.2. The molecule has 0 fully saturated rings. The predicted molar refractivity (Wildman–Crippen MR) is 71.3 cm³/mol. The molecule has 0 saturated carbocycles. The first-order valence-electron chi connectivity index (χ1n) is 5.56. The van der Waals surface area contributed by atoms with Gasteiger partial charge in [0.15, 0.2) is 0 Å². The Morgan fingerprint density at radius 1 is 1.44 bits per heavy atom. The molecule has 0 radical (unpaired) electrons. The lowest BCUT2D eigenvalue weighted by molar-refractivity contribution is 0.251. The molecule has 1 aromatic rings. The van der Waals surface area contributed by atoms with Crippen LogP contribution < -0.4 is 5.32 Å². The van der Waals surface area contributed by atoms with Crippen molar-refractivity contribution >= 4 is 22.6 Å². The Balaban J connectivity index is 2.17. The van der Waals surface area contributed by atoms with Crippen LogP contribution in [-0.2, 0) is 23.1 Å². The average molecular weight is 297 g/mol. The average Bonchev–Trinajstić information content (AvgIpc) is 2.73. The van der Waals surface area contributed by atoms with Crippen molar-refractivity contribution in [1.82, 2.24) is 5.32 Å². The van der Waals surface area contributed by atoms with E-state index in [4.69, 9.17) is 4.42 Å². The number of furan rings is 1. The van der Waals surface area contributed by atoms with Crippen molar-refractivity contribution in [1.29, 1.82) is 0 Å². The highest BCUT2D eigenvalue weighted by Crippen LogP contribution is 2.21. The van der Waals surface area contributed by atoms with E-state index in [-0.39, 0.29) is 5.75 Å². The van der Waals surface area contributed by atoms with Crippen molar-refractivity contribution in [3.63, 3.8) is 0 Å². The third kappa shape index (κ3) is 7.13. The normalized spacial score (nSPS) is 13.1. The maximum atomic E-state index is 12.0. The van der Waals surface area contributed by atoms with Gasteiger partial charge in [0.2, 0.25) is 0 Å². The molecule has 1 rings (SSSR count). The molecule has 0 saturated heterocycles. The van der Waals surface area contributed by atoms with Crippen LogP contribution in [0.25, 0.3) is 0 Å². The fourth-order valence-corrected chi connectivity index (χ4v) is 2.35. The predicted octanol–water partition coefficient (Wildman–Crippen LogP) is 2.59. The largest absolute Gasteiger partial charge is 0.464 e. The zero-order chi connectivity index (χ0) is 13.4. The van der Waals surface area contributed by atoms with Gasteiger partial charge in [0.05, 0.1) is 12.3 Å². The van der Waals surface area contributed by atoms with E-state index in [9.17, 15) is 13.0 Å². The molecule has 7 heteroatoms. The standard InChI is InChI=1S/C11H17F2NO2S2/c1-18(15)6-2-5-14-7-9-3-4-10(16-9)8-17-11(12)13/h3-4,11,14H,2,5-8H2,1H3. The number of alkyl halides is 2. The molecule has 0 bridgehead atoms. The Morgan fingerprint density at radius 3 is 2.83 bits per heavy atom. The molecule has 3 nitrogen and oxygen atoms in total. The Labute approximate surface area is 112 Å². The first-order chi connectivity index (χ1) is 8.58. The fraction of sp³-hybridized carbons (Fsp3) is 0.636. The second kappa shape index (κ2) is 8.66. The zero-order valence-corrected chi connectivity index (χ0v) is 11.8. The SMILES string of the molecule is CS(=O)CCCNCc1ccc(CSC(F)F)o1. The molecule has 0 amide bonds. The quantitative estimate of drug-likeness (QED) is 0.711. The molecule has 0 aliphatic rings. The first-order valence-corrected chi connectivity index (χ1v) is 8.33. The number of nitrogens with one attached hydrogen (secondary N) is 1. The number of hydrogen-bond acceptors (Lipinski definition) is 4. The van der Waals surface area contributed by atoms with E-state index in [1.165, 1.54) is 0 Å². The van der Waals surface area contributed by atoms with Gasteiger partial charge < -0.3 is 9.73 Å². The molecular formula is C11H17F2NO2S2. The zero-order valence-electron chi connectivity index (χ0n) is 10.2. The third-order valence-electron chi connectivity index (χ3n) is 2.15. The summed E-state index contributed by atoms with van der Waals surface area (Å²) in [6.07, 6.45) is 2.53. The molecule has 1 unspecified atom stereocenters. The third-order valence-corrected chi connectivity index (χ3v) is 3.72. The first kappa shape index (κ1) is 15.7. The van der Waals surface area contributed by atoms with Crippen molar-refractivity contribution < 1.29 is 17.4 Å². The summed E-state index contributed by atoms with van der Waals surface area (Å²) in [4.78, 5) is 0. The number of rotatable bonds is 9. The van der Waals surface area contributed by atoms with Crippen molar-refractivity contribution in [3.8, 4) is 0 Å². The van der Waals surface area contributed by atoms with Crippen LogP contribution >= 0.6 is 11.8 Å². The Morgan fingerprint density at radius 2 is 2.17 bits per heavy atom. The molecule has 1 atom stereocenters. The summed E-state index contributed by atoms with van der Waals surface area (Å²) in [6, 6.07) is 3.50. The van der Waals surface area contributed by atoms with Gasteiger partial charge in [0.1, 0.15) is 11.5 Å². The Kier molecular flexibility index (Phi) is 7.53. The molecule has 0 aliphatic carbocycles. The molecule has 0 aliphatic heterocycles. The van der Waals surface area contributed by atoms with Gasteiger partial charge >= 0.3 is 0 Å². The fourth-order valence-electron chi connectivity index (χ4n) is 1.35. The molecule has 1 heterocycles. The number of hydrogen-bond donors (Lipinski definition) is 1. The van der Waals surface area contributed by atoms with E-state index < -0.39 is 16.6 Å². The van der Waals surface area contributed by atoms with Gasteiger partial charge in [0.25, 0.3) is 5.76 Å². The summed E-state index contributed by atoms with van der Waals surface area (Å²) in [5.41, 5.74) is 0. The lowest BCUT2D eigenvalue weighted by atomic mass is 10.4. The van der Waals surface area contributed by atoms with E-state index in [0.717, 1.165) is 18.7 Å². The Hall–Kier alpha value is -0.400. The number of thioether (sulfide) groups is 1. The van der Waals surface area contributed by atoms with Crippen LogP contribution in [-0.4, -0.2) is 28.5 Å². The molecule has 18 heavy (non-hydrogen) atoms. The van der Waals surface area contributed by atoms with Crippen LogP contribution in [0.1, 0.15) is 17.9 Å². The monoisotopic (exact) mass is 297 g/mol. The topological polar surface area (TPSA) is 42.2 Å². The smallest absolute Gasteiger partial charge is 0.284 e. The van der Waals surface area contributed by atoms with Crippen molar-refractivity contribution in [3.05, 3.63) is 23.7 Å². The molecule has 0 aromatic carbocycles. The summed E-state index contributed by atoms with van der Waals surface area (Å²) in [5, 5.41) is 3.15. The second-order valence-corrected chi connectivity index (χ2v) is 6.28. The van der Waals surface area contributed by atoms with Gasteiger partial charge in [-0.25, -0.2) is 0 Å². The lowest BCUT2D eigenvalue weighted by Crippen LogP contribution is -2.16. The molecule has 0 spiro atoms. The summed E-state index contributed by atoms with van der Waals surface area (Å²) in [5.74, 6) is -0.204. The molecule has 104 valence electrons. The van der Waals surface area contributed by atoms with Crippen LogP contribution in [0, 0.1) is 0 Å². The van der Waals surface area contributed by atoms with E-state index in [1.807, 2.05) is 0 Å². The maximum absolute atomic E-state index is 12.0. The van der Waals surface area contributed by atoms with Crippen LogP contribution in [0.3, 0.4) is 0 Å². The van der Waals surface area contributed by atoms with Gasteiger partial charge in [-0.1, -0.05) is 11.8 Å². The van der Waals surface area contributed by atoms with Gasteiger partial charge in [-0.05, 0) is 25.1 Å².